The number of rotatable bonds is 4. The van der Waals surface area contributed by atoms with Crippen LogP contribution in [-0.2, 0) is 19.9 Å². The highest BCUT2D eigenvalue weighted by Gasteiger charge is 2.55. The van der Waals surface area contributed by atoms with Gasteiger partial charge >= 0.3 is 0 Å². The van der Waals surface area contributed by atoms with E-state index in [9.17, 15) is 0 Å². The highest BCUT2D eigenvalue weighted by molar-refractivity contribution is 5.40. The summed E-state index contributed by atoms with van der Waals surface area (Å²) in [6.45, 7) is 0. The van der Waals surface area contributed by atoms with Crippen LogP contribution in [-0.4, -0.2) is 22.9 Å². The average molecular weight is 281 g/mol. The second kappa shape index (κ2) is 4.99. The van der Waals surface area contributed by atoms with Crippen molar-refractivity contribution in [3.05, 3.63) is 53.3 Å². The summed E-state index contributed by atoms with van der Waals surface area (Å²) in [5.74, 6) is 2.46. The first kappa shape index (κ1) is 13.1. The lowest BCUT2D eigenvalue weighted by atomic mass is 9.92. The van der Waals surface area contributed by atoms with Gasteiger partial charge in [0, 0.05) is 19.3 Å². The van der Waals surface area contributed by atoms with Gasteiger partial charge in [0.2, 0.25) is 0 Å². The lowest BCUT2D eigenvalue weighted by molar-refractivity contribution is 0.463. The normalized spacial score (nSPS) is 27.8. The Morgan fingerprint density at radius 1 is 1.38 bits per heavy atom. The molecule has 0 amide bonds. The molecular weight excluding hydrogens is 258 g/mol. The van der Waals surface area contributed by atoms with Gasteiger partial charge in [0.15, 0.2) is 0 Å². The predicted molar refractivity (Wildman–Crippen MR) is 84.2 cm³/mol. The molecule has 1 aromatic carbocycles. The van der Waals surface area contributed by atoms with E-state index in [0.29, 0.717) is 6.04 Å². The molecule has 1 heterocycles. The molecule has 21 heavy (non-hydrogen) atoms. The third-order valence-corrected chi connectivity index (χ3v) is 5.44. The third-order valence-electron chi connectivity index (χ3n) is 5.44. The van der Waals surface area contributed by atoms with Crippen LogP contribution >= 0.6 is 0 Å². The molecule has 0 saturated heterocycles. The summed E-state index contributed by atoms with van der Waals surface area (Å²) in [7, 11) is 4.10. The quantitative estimate of drug-likeness (QED) is 0.933. The summed E-state index contributed by atoms with van der Waals surface area (Å²) in [4.78, 5) is 0. The van der Waals surface area contributed by atoms with Crippen molar-refractivity contribution in [3.8, 4) is 0 Å². The van der Waals surface area contributed by atoms with Gasteiger partial charge in [-0.1, -0.05) is 24.3 Å². The van der Waals surface area contributed by atoms with Crippen molar-refractivity contribution >= 4 is 0 Å². The van der Waals surface area contributed by atoms with Crippen LogP contribution in [0.3, 0.4) is 0 Å². The molecule has 110 valence electrons. The van der Waals surface area contributed by atoms with Crippen LogP contribution in [0.25, 0.3) is 0 Å². The SMILES string of the molecule is CNC(Cc1cnn(C)c1)C1C2CCc3ccccc3C21. The van der Waals surface area contributed by atoms with Crippen molar-refractivity contribution in [3.63, 3.8) is 0 Å². The average Bonchev–Trinajstić information content (AvgIpc) is 3.11. The number of fused-ring (bicyclic) bond motifs is 3. The number of nitrogens with zero attached hydrogens (tertiary/aromatic N) is 2. The van der Waals surface area contributed by atoms with Gasteiger partial charge in [-0.3, -0.25) is 4.68 Å². The molecule has 0 bridgehead atoms. The van der Waals surface area contributed by atoms with Gasteiger partial charge in [0.05, 0.1) is 6.20 Å². The molecule has 3 nitrogen and oxygen atoms in total. The van der Waals surface area contributed by atoms with Crippen molar-refractivity contribution in [2.75, 3.05) is 7.05 Å². The maximum atomic E-state index is 4.30. The van der Waals surface area contributed by atoms with Gasteiger partial charge in [-0.15, -0.1) is 0 Å². The van der Waals surface area contributed by atoms with Crippen LogP contribution < -0.4 is 5.32 Å². The Morgan fingerprint density at radius 3 is 3.00 bits per heavy atom. The van der Waals surface area contributed by atoms with Crippen LogP contribution in [0.4, 0.5) is 0 Å². The molecule has 4 rings (SSSR count). The molecule has 0 aliphatic heterocycles. The van der Waals surface area contributed by atoms with E-state index in [1.165, 1.54) is 18.4 Å². The molecule has 1 aromatic heterocycles. The standard InChI is InChI=1S/C18H23N3/c1-19-16(9-12-10-20-21(2)11-12)18-15-8-7-13-5-3-4-6-14(13)17(15)18/h3-6,10-11,15-19H,7-9H2,1-2H3. The van der Waals surface area contributed by atoms with Crippen LogP contribution in [0.15, 0.2) is 36.7 Å². The number of likely N-dealkylation sites (N-methyl/N-ethyl adjacent to an activating group) is 1. The maximum Gasteiger partial charge on any atom is 0.0522 e. The minimum atomic E-state index is 0.565. The summed E-state index contributed by atoms with van der Waals surface area (Å²) in [5, 5.41) is 7.87. The highest BCUT2D eigenvalue weighted by Crippen LogP contribution is 2.61. The van der Waals surface area contributed by atoms with E-state index < -0.39 is 0 Å². The number of aryl methyl sites for hydroxylation is 2. The van der Waals surface area contributed by atoms with E-state index in [1.54, 1.807) is 11.1 Å². The summed E-state index contributed by atoms with van der Waals surface area (Å²) >= 11 is 0. The van der Waals surface area contributed by atoms with Crippen LogP contribution in [0.5, 0.6) is 0 Å². The van der Waals surface area contributed by atoms with Crippen LogP contribution in [0, 0.1) is 11.8 Å². The summed E-state index contributed by atoms with van der Waals surface area (Å²) < 4.78 is 1.90. The Hall–Kier alpha value is -1.61. The van der Waals surface area contributed by atoms with Gasteiger partial charge in [0.25, 0.3) is 0 Å². The lowest BCUT2D eigenvalue weighted by Gasteiger charge is -2.16. The van der Waals surface area contributed by atoms with E-state index in [1.807, 2.05) is 17.9 Å². The largest absolute Gasteiger partial charge is 0.316 e. The Kier molecular flexibility index (Phi) is 3.11. The number of hydrogen-bond donors (Lipinski definition) is 1. The zero-order chi connectivity index (χ0) is 14.4. The van der Waals surface area contributed by atoms with Crippen molar-refractivity contribution in [2.45, 2.75) is 31.2 Å². The highest BCUT2D eigenvalue weighted by atomic mass is 15.2. The van der Waals surface area contributed by atoms with Crippen LogP contribution in [0.1, 0.15) is 29.0 Å². The Bertz CT molecular complexity index is 645. The van der Waals surface area contributed by atoms with Crippen molar-refractivity contribution in [2.24, 2.45) is 18.9 Å². The molecule has 1 fully saturated rings. The molecule has 4 unspecified atom stereocenters. The van der Waals surface area contributed by atoms with Crippen molar-refractivity contribution in [1.82, 2.24) is 15.1 Å². The second-order valence-corrected chi connectivity index (χ2v) is 6.63. The molecule has 1 saturated carbocycles. The van der Waals surface area contributed by atoms with Crippen molar-refractivity contribution < 1.29 is 0 Å². The first-order valence-electron chi connectivity index (χ1n) is 8.00. The Balaban J connectivity index is 1.54. The van der Waals surface area contributed by atoms with Gasteiger partial charge in [-0.2, -0.15) is 5.10 Å². The molecule has 0 spiro atoms. The fourth-order valence-electron chi connectivity index (χ4n) is 4.43. The number of hydrogen-bond acceptors (Lipinski definition) is 2. The minimum absolute atomic E-state index is 0.565. The number of aromatic nitrogens is 2. The monoisotopic (exact) mass is 281 g/mol. The first-order chi connectivity index (χ1) is 10.3. The molecule has 2 aliphatic rings. The lowest BCUT2D eigenvalue weighted by Crippen LogP contribution is -2.30. The summed E-state index contributed by atoms with van der Waals surface area (Å²) in [5.41, 5.74) is 4.54. The summed E-state index contributed by atoms with van der Waals surface area (Å²) in [6, 6.07) is 9.61. The predicted octanol–water partition coefficient (Wildman–Crippen LogP) is 2.53. The minimum Gasteiger partial charge on any atom is -0.316 e. The van der Waals surface area contributed by atoms with Gasteiger partial charge in [-0.25, -0.2) is 0 Å². The van der Waals surface area contributed by atoms with E-state index >= 15 is 0 Å². The molecule has 0 radical (unpaired) electrons. The topological polar surface area (TPSA) is 29.9 Å². The molecule has 2 aliphatic carbocycles. The summed E-state index contributed by atoms with van der Waals surface area (Å²) in [6.07, 6.45) is 7.85. The molecule has 3 heteroatoms. The van der Waals surface area contributed by atoms with E-state index in [0.717, 1.165) is 24.2 Å². The van der Waals surface area contributed by atoms with Gasteiger partial charge in [0.1, 0.15) is 0 Å². The Labute approximate surface area is 126 Å². The maximum absolute atomic E-state index is 4.30. The van der Waals surface area contributed by atoms with Gasteiger partial charge in [-0.05, 0) is 60.8 Å². The number of benzene rings is 1. The number of nitrogens with one attached hydrogen (secondary N) is 1. The second-order valence-electron chi connectivity index (χ2n) is 6.63. The fourth-order valence-corrected chi connectivity index (χ4v) is 4.43. The van der Waals surface area contributed by atoms with E-state index in [2.05, 4.69) is 47.9 Å². The van der Waals surface area contributed by atoms with Crippen molar-refractivity contribution in [1.29, 1.82) is 0 Å². The zero-order valence-corrected chi connectivity index (χ0v) is 12.8. The first-order valence-corrected chi connectivity index (χ1v) is 8.00. The molecule has 1 N–H and O–H groups in total. The fraction of sp³-hybridized carbons (Fsp3) is 0.500. The zero-order valence-electron chi connectivity index (χ0n) is 12.8. The van der Waals surface area contributed by atoms with E-state index in [-0.39, 0.29) is 0 Å². The molecular formula is C18H23N3. The Morgan fingerprint density at radius 2 is 2.24 bits per heavy atom. The smallest absolute Gasteiger partial charge is 0.0522 e. The van der Waals surface area contributed by atoms with Crippen LogP contribution in [0.2, 0.25) is 0 Å². The third kappa shape index (κ3) is 2.20. The van der Waals surface area contributed by atoms with E-state index in [4.69, 9.17) is 0 Å². The van der Waals surface area contributed by atoms with Gasteiger partial charge < -0.3 is 5.32 Å². The molecule has 2 aromatic rings. The molecule has 4 atom stereocenters.